The molecule has 2 saturated heterocycles. The van der Waals surface area contributed by atoms with Crippen molar-refractivity contribution < 1.29 is 17.9 Å². The monoisotopic (exact) mass is 406 g/mol. The van der Waals surface area contributed by atoms with Crippen molar-refractivity contribution in [1.82, 2.24) is 9.62 Å². The van der Waals surface area contributed by atoms with E-state index >= 15 is 0 Å². The Bertz CT molecular complexity index is 810. The number of rotatable bonds is 5. The Kier molecular flexibility index (Phi) is 6.04. The third-order valence-electron chi connectivity index (χ3n) is 6.31. The molecule has 154 valence electrons. The lowest BCUT2D eigenvalue weighted by atomic mass is 9.92. The van der Waals surface area contributed by atoms with E-state index in [1.54, 1.807) is 10.4 Å². The van der Waals surface area contributed by atoms with E-state index in [9.17, 15) is 13.2 Å². The summed E-state index contributed by atoms with van der Waals surface area (Å²) in [6.07, 6.45) is 7.65. The zero-order valence-electron chi connectivity index (χ0n) is 16.4. The van der Waals surface area contributed by atoms with Crippen LogP contribution < -0.4 is 5.32 Å². The van der Waals surface area contributed by atoms with Gasteiger partial charge in [0, 0.05) is 32.2 Å². The molecular formula is C21H30N2O4S. The highest BCUT2D eigenvalue weighted by Gasteiger charge is 2.32. The van der Waals surface area contributed by atoms with Crippen LogP contribution in [0.3, 0.4) is 0 Å². The van der Waals surface area contributed by atoms with Crippen LogP contribution in [0.5, 0.6) is 0 Å². The van der Waals surface area contributed by atoms with Gasteiger partial charge in [0.15, 0.2) is 0 Å². The van der Waals surface area contributed by atoms with Gasteiger partial charge in [0.25, 0.3) is 0 Å². The van der Waals surface area contributed by atoms with Gasteiger partial charge in [0.05, 0.1) is 11.0 Å². The van der Waals surface area contributed by atoms with Crippen molar-refractivity contribution in [1.29, 1.82) is 0 Å². The molecule has 2 heterocycles. The van der Waals surface area contributed by atoms with Gasteiger partial charge >= 0.3 is 0 Å². The van der Waals surface area contributed by atoms with E-state index < -0.39 is 10.0 Å². The van der Waals surface area contributed by atoms with Crippen molar-refractivity contribution in [2.75, 3.05) is 26.2 Å². The van der Waals surface area contributed by atoms with E-state index in [4.69, 9.17) is 4.74 Å². The van der Waals surface area contributed by atoms with E-state index in [0.717, 1.165) is 38.7 Å². The van der Waals surface area contributed by atoms with Crippen LogP contribution >= 0.6 is 0 Å². The molecule has 0 aromatic heterocycles. The Balaban J connectivity index is 1.34. The molecule has 1 N–H and O–H groups in total. The number of fused-ring (bicyclic) bond motifs is 1. The Labute approximate surface area is 167 Å². The first kappa shape index (κ1) is 19.9. The van der Waals surface area contributed by atoms with Gasteiger partial charge in [-0.3, -0.25) is 4.79 Å². The number of hydrogen-bond donors (Lipinski definition) is 1. The van der Waals surface area contributed by atoms with E-state index in [1.807, 2.05) is 12.1 Å². The number of amides is 1. The van der Waals surface area contributed by atoms with Gasteiger partial charge in [-0.05, 0) is 74.6 Å². The molecule has 7 heteroatoms. The number of hydrogen-bond acceptors (Lipinski definition) is 4. The number of carbonyl (C=O) groups is 1. The Morgan fingerprint density at radius 2 is 1.82 bits per heavy atom. The summed E-state index contributed by atoms with van der Waals surface area (Å²) >= 11 is 0. The number of piperidine rings is 1. The maximum Gasteiger partial charge on any atom is 0.243 e. The van der Waals surface area contributed by atoms with Crippen molar-refractivity contribution in [3.63, 3.8) is 0 Å². The van der Waals surface area contributed by atoms with Crippen molar-refractivity contribution in [2.24, 2.45) is 5.92 Å². The second-order valence-corrected chi connectivity index (χ2v) is 10.1. The summed E-state index contributed by atoms with van der Waals surface area (Å²) < 4.78 is 33.2. The lowest BCUT2D eigenvalue weighted by molar-refractivity contribution is -0.126. The fourth-order valence-electron chi connectivity index (χ4n) is 4.54. The molecule has 3 aliphatic rings. The summed E-state index contributed by atoms with van der Waals surface area (Å²) in [6, 6.07) is 5.59. The number of carbonyl (C=O) groups excluding carboxylic acids is 1. The van der Waals surface area contributed by atoms with Crippen molar-refractivity contribution in [2.45, 2.75) is 62.4 Å². The molecule has 6 nitrogen and oxygen atoms in total. The molecule has 1 aliphatic carbocycles. The minimum atomic E-state index is -3.49. The molecule has 1 amide bonds. The molecule has 28 heavy (non-hydrogen) atoms. The van der Waals surface area contributed by atoms with Crippen LogP contribution in [0.4, 0.5) is 0 Å². The van der Waals surface area contributed by atoms with Crippen LogP contribution in [-0.4, -0.2) is 51.0 Å². The van der Waals surface area contributed by atoms with E-state index in [-0.39, 0.29) is 17.9 Å². The summed E-state index contributed by atoms with van der Waals surface area (Å²) in [5, 5.41) is 2.98. The minimum Gasteiger partial charge on any atom is -0.376 e. The quantitative estimate of drug-likeness (QED) is 0.814. The SMILES string of the molecule is O=C(NCC1CCCO1)C1CCN(S(=O)(=O)c2ccc3c(c2)CCCC3)CC1. The minimum absolute atomic E-state index is 0.0290. The molecule has 0 saturated carbocycles. The molecular weight excluding hydrogens is 376 g/mol. The Morgan fingerprint density at radius 3 is 2.54 bits per heavy atom. The van der Waals surface area contributed by atoms with Crippen LogP contribution in [-0.2, 0) is 32.4 Å². The average Bonchev–Trinajstić information content (AvgIpc) is 3.25. The standard InChI is InChI=1S/C21H30N2O4S/c24-21(22-15-19-6-3-13-27-19)17-9-11-23(12-10-17)28(25,26)20-8-7-16-4-1-2-5-18(16)14-20/h7-8,14,17,19H,1-6,9-13,15H2,(H,22,24). The number of aryl methyl sites for hydroxylation is 2. The molecule has 1 aromatic rings. The van der Waals surface area contributed by atoms with Gasteiger partial charge in [0.1, 0.15) is 0 Å². The van der Waals surface area contributed by atoms with Gasteiger partial charge in [-0.25, -0.2) is 8.42 Å². The van der Waals surface area contributed by atoms with E-state index in [1.165, 1.54) is 17.5 Å². The second-order valence-electron chi connectivity index (χ2n) is 8.20. The normalized spacial score (nSPS) is 24.1. The highest BCUT2D eigenvalue weighted by molar-refractivity contribution is 7.89. The zero-order valence-corrected chi connectivity index (χ0v) is 17.2. The molecule has 1 atom stereocenters. The third-order valence-corrected chi connectivity index (χ3v) is 8.21. The maximum atomic E-state index is 13.1. The molecule has 2 aliphatic heterocycles. The van der Waals surface area contributed by atoms with E-state index in [0.29, 0.717) is 37.4 Å². The van der Waals surface area contributed by atoms with Crippen LogP contribution in [0.25, 0.3) is 0 Å². The Hall–Kier alpha value is -1.44. The number of nitrogens with zero attached hydrogens (tertiary/aromatic N) is 1. The van der Waals surface area contributed by atoms with Crippen molar-refractivity contribution in [3.05, 3.63) is 29.3 Å². The fourth-order valence-corrected chi connectivity index (χ4v) is 6.06. The maximum absolute atomic E-state index is 13.1. The van der Waals surface area contributed by atoms with Crippen LogP contribution in [0.15, 0.2) is 23.1 Å². The first-order chi connectivity index (χ1) is 13.5. The summed E-state index contributed by atoms with van der Waals surface area (Å²) in [6.45, 7) is 2.14. The van der Waals surface area contributed by atoms with Gasteiger partial charge in [0.2, 0.25) is 15.9 Å². The first-order valence-corrected chi connectivity index (χ1v) is 12.0. The number of benzene rings is 1. The zero-order chi connectivity index (χ0) is 19.6. The lowest BCUT2D eigenvalue weighted by Gasteiger charge is -2.31. The predicted octanol–water partition coefficient (Wildman–Crippen LogP) is 2.26. The molecule has 0 radical (unpaired) electrons. The van der Waals surface area contributed by atoms with Crippen LogP contribution in [0, 0.1) is 5.92 Å². The highest BCUT2D eigenvalue weighted by Crippen LogP contribution is 2.28. The lowest BCUT2D eigenvalue weighted by Crippen LogP contribution is -2.44. The topological polar surface area (TPSA) is 75.7 Å². The second kappa shape index (κ2) is 8.51. The predicted molar refractivity (Wildman–Crippen MR) is 107 cm³/mol. The molecule has 4 rings (SSSR count). The van der Waals surface area contributed by atoms with Crippen molar-refractivity contribution in [3.8, 4) is 0 Å². The van der Waals surface area contributed by atoms with Gasteiger partial charge < -0.3 is 10.1 Å². The number of nitrogens with one attached hydrogen (secondary N) is 1. The third kappa shape index (κ3) is 4.26. The van der Waals surface area contributed by atoms with Crippen molar-refractivity contribution >= 4 is 15.9 Å². The van der Waals surface area contributed by atoms with Crippen LogP contribution in [0.2, 0.25) is 0 Å². The van der Waals surface area contributed by atoms with Gasteiger partial charge in [-0.15, -0.1) is 0 Å². The molecule has 0 bridgehead atoms. The van der Waals surface area contributed by atoms with Gasteiger partial charge in [-0.2, -0.15) is 4.31 Å². The smallest absolute Gasteiger partial charge is 0.243 e. The van der Waals surface area contributed by atoms with Gasteiger partial charge in [-0.1, -0.05) is 6.07 Å². The number of ether oxygens (including phenoxy) is 1. The molecule has 0 spiro atoms. The molecule has 1 unspecified atom stereocenters. The largest absolute Gasteiger partial charge is 0.376 e. The molecule has 1 aromatic carbocycles. The summed E-state index contributed by atoms with van der Waals surface area (Å²) in [7, 11) is -3.49. The summed E-state index contributed by atoms with van der Waals surface area (Å²) in [4.78, 5) is 12.8. The first-order valence-electron chi connectivity index (χ1n) is 10.6. The average molecular weight is 407 g/mol. The van der Waals surface area contributed by atoms with Crippen LogP contribution in [0.1, 0.15) is 49.7 Å². The Morgan fingerprint density at radius 1 is 1.07 bits per heavy atom. The fraction of sp³-hybridized carbons (Fsp3) is 0.667. The van der Waals surface area contributed by atoms with E-state index in [2.05, 4.69) is 5.32 Å². The summed E-state index contributed by atoms with van der Waals surface area (Å²) in [5.41, 5.74) is 2.46. The molecule has 2 fully saturated rings. The number of sulfonamides is 1. The summed E-state index contributed by atoms with van der Waals surface area (Å²) in [5.74, 6) is -0.0854. The highest BCUT2D eigenvalue weighted by atomic mass is 32.2.